The predicted molar refractivity (Wildman–Crippen MR) is 65.0 cm³/mol. The Balaban J connectivity index is 2.23. The molecular weight excluding hydrogens is 242 g/mol. The summed E-state index contributed by atoms with van der Waals surface area (Å²) in [6.07, 6.45) is 0.420. The maximum Gasteiger partial charge on any atom is 0.307 e. The van der Waals surface area contributed by atoms with Crippen molar-refractivity contribution in [3.8, 4) is 0 Å². The van der Waals surface area contributed by atoms with Crippen LogP contribution in [0.3, 0.4) is 0 Å². The van der Waals surface area contributed by atoms with E-state index in [2.05, 4.69) is 5.32 Å². The molecule has 0 aromatic rings. The number of carbonyl (C=O) groups is 2. The molecule has 17 heavy (non-hydrogen) atoms. The highest BCUT2D eigenvalue weighted by Crippen LogP contribution is 2.38. The lowest BCUT2D eigenvalue weighted by atomic mass is 10.3. The Labute approximate surface area is 103 Å². The Morgan fingerprint density at radius 3 is 2.35 bits per heavy atom. The van der Waals surface area contributed by atoms with Crippen molar-refractivity contribution >= 4 is 22.7 Å². The molecule has 0 aromatic heterocycles. The molecular formula is C11H19NO4S. The zero-order valence-corrected chi connectivity index (χ0v) is 11.2. The van der Waals surface area contributed by atoms with Crippen LogP contribution in [-0.2, 0) is 20.4 Å². The summed E-state index contributed by atoms with van der Waals surface area (Å²) in [5.41, 5.74) is 0. The van der Waals surface area contributed by atoms with Gasteiger partial charge in [0.2, 0.25) is 5.91 Å². The lowest BCUT2D eigenvalue weighted by Crippen LogP contribution is -2.33. The second-order valence-electron chi connectivity index (χ2n) is 5.24. The minimum Gasteiger partial charge on any atom is -0.481 e. The van der Waals surface area contributed by atoms with Gasteiger partial charge in [-0.15, -0.1) is 0 Å². The van der Waals surface area contributed by atoms with Gasteiger partial charge >= 0.3 is 5.97 Å². The van der Waals surface area contributed by atoms with E-state index in [0.717, 1.165) is 0 Å². The lowest BCUT2D eigenvalue weighted by molar-refractivity contribution is -0.140. The molecule has 1 rings (SSSR count). The first-order valence-corrected chi connectivity index (χ1v) is 6.94. The Morgan fingerprint density at radius 1 is 1.35 bits per heavy atom. The molecule has 0 radical (unpaired) electrons. The Morgan fingerprint density at radius 2 is 1.94 bits per heavy atom. The van der Waals surface area contributed by atoms with Gasteiger partial charge in [0, 0.05) is 27.8 Å². The highest BCUT2D eigenvalue weighted by molar-refractivity contribution is 7.86. The summed E-state index contributed by atoms with van der Waals surface area (Å²) in [5.74, 6) is -1.66. The number of hydrogen-bond acceptors (Lipinski definition) is 3. The van der Waals surface area contributed by atoms with Crippen LogP contribution >= 0.6 is 0 Å². The van der Waals surface area contributed by atoms with Crippen molar-refractivity contribution in [1.82, 2.24) is 5.32 Å². The predicted octanol–water partition coefficient (Wildman–Crippen LogP) is 0.370. The van der Waals surface area contributed by atoms with Crippen molar-refractivity contribution in [3.63, 3.8) is 0 Å². The number of carbonyl (C=O) groups excluding carboxylic acids is 1. The van der Waals surface area contributed by atoms with Gasteiger partial charge in [-0.3, -0.25) is 13.8 Å². The molecule has 3 unspecified atom stereocenters. The number of nitrogens with one attached hydrogen (secondary N) is 1. The minimum absolute atomic E-state index is 0.233. The van der Waals surface area contributed by atoms with Crippen molar-refractivity contribution in [2.24, 2.45) is 11.8 Å². The first kappa shape index (κ1) is 14.2. The molecule has 0 bridgehead atoms. The van der Waals surface area contributed by atoms with E-state index in [-0.39, 0.29) is 10.7 Å². The van der Waals surface area contributed by atoms with Crippen molar-refractivity contribution in [1.29, 1.82) is 0 Å². The maximum absolute atomic E-state index is 11.7. The molecule has 1 fully saturated rings. The monoisotopic (exact) mass is 261 g/mol. The van der Waals surface area contributed by atoms with Crippen LogP contribution in [0.5, 0.6) is 0 Å². The molecule has 98 valence electrons. The fourth-order valence-electron chi connectivity index (χ4n) is 1.46. The largest absolute Gasteiger partial charge is 0.481 e. The van der Waals surface area contributed by atoms with Gasteiger partial charge in [-0.2, -0.15) is 0 Å². The summed E-state index contributed by atoms with van der Waals surface area (Å²) in [5, 5.41) is 11.3. The molecule has 1 amide bonds. The lowest BCUT2D eigenvalue weighted by Gasteiger charge is -2.17. The zero-order valence-electron chi connectivity index (χ0n) is 10.4. The van der Waals surface area contributed by atoms with Gasteiger partial charge in [-0.25, -0.2) is 0 Å². The van der Waals surface area contributed by atoms with Gasteiger partial charge < -0.3 is 10.4 Å². The summed E-state index contributed by atoms with van der Waals surface area (Å²) < 4.78 is 11.4. The fourth-order valence-corrected chi connectivity index (χ4v) is 2.36. The highest BCUT2D eigenvalue weighted by Gasteiger charge is 2.48. The average Bonchev–Trinajstić information content (AvgIpc) is 2.95. The molecule has 1 aliphatic carbocycles. The quantitative estimate of drug-likeness (QED) is 0.749. The summed E-state index contributed by atoms with van der Waals surface area (Å²) in [6, 6.07) is 0. The zero-order chi connectivity index (χ0) is 13.2. The first-order valence-electron chi connectivity index (χ1n) is 5.62. The summed E-state index contributed by atoms with van der Waals surface area (Å²) in [4.78, 5) is 22.0. The molecule has 0 aromatic carbocycles. The van der Waals surface area contributed by atoms with Crippen LogP contribution in [0.1, 0.15) is 27.2 Å². The number of rotatable bonds is 5. The van der Waals surface area contributed by atoms with E-state index in [4.69, 9.17) is 5.11 Å². The van der Waals surface area contributed by atoms with Gasteiger partial charge in [0.25, 0.3) is 0 Å². The van der Waals surface area contributed by atoms with Crippen molar-refractivity contribution in [2.75, 3.05) is 12.3 Å². The number of aliphatic carboxylic acids is 1. The van der Waals surface area contributed by atoms with Gasteiger partial charge in [0.1, 0.15) is 0 Å². The van der Waals surface area contributed by atoms with Crippen molar-refractivity contribution < 1.29 is 18.9 Å². The van der Waals surface area contributed by atoms with E-state index in [9.17, 15) is 13.8 Å². The van der Waals surface area contributed by atoms with Crippen molar-refractivity contribution in [3.05, 3.63) is 0 Å². The van der Waals surface area contributed by atoms with E-state index >= 15 is 0 Å². The van der Waals surface area contributed by atoms with E-state index in [1.165, 1.54) is 0 Å². The average molecular weight is 261 g/mol. The molecule has 1 aliphatic rings. The van der Waals surface area contributed by atoms with Crippen LogP contribution in [0, 0.1) is 11.8 Å². The third-order valence-corrected chi connectivity index (χ3v) is 4.66. The second kappa shape index (κ2) is 5.16. The summed E-state index contributed by atoms with van der Waals surface area (Å²) >= 11 is 0. The smallest absolute Gasteiger partial charge is 0.307 e. The van der Waals surface area contributed by atoms with Crippen LogP contribution in [0.2, 0.25) is 0 Å². The Bertz CT molecular complexity index is 348. The number of hydrogen-bond donors (Lipinski definition) is 2. The molecule has 6 heteroatoms. The van der Waals surface area contributed by atoms with E-state index in [1.807, 2.05) is 20.8 Å². The van der Waals surface area contributed by atoms with E-state index in [0.29, 0.717) is 18.7 Å². The van der Waals surface area contributed by atoms with Crippen LogP contribution < -0.4 is 5.32 Å². The van der Waals surface area contributed by atoms with Gasteiger partial charge in [0.15, 0.2) is 0 Å². The molecule has 0 spiro atoms. The van der Waals surface area contributed by atoms with Crippen LogP contribution in [0.4, 0.5) is 0 Å². The number of carboxylic acid groups (broad SMARTS) is 1. The third-order valence-electron chi connectivity index (χ3n) is 2.71. The molecule has 1 saturated carbocycles. The molecule has 0 saturated heterocycles. The molecule has 0 heterocycles. The molecule has 3 atom stereocenters. The van der Waals surface area contributed by atoms with Crippen LogP contribution in [0.25, 0.3) is 0 Å². The topological polar surface area (TPSA) is 83.5 Å². The van der Waals surface area contributed by atoms with Gasteiger partial charge in [0.05, 0.1) is 11.8 Å². The fraction of sp³-hybridized carbons (Fsp3) is 0.818. The number of carboxylic acids is 1. The van der Waals surface area contributed by atoms with Crippen LogP contribution in [0.15, 0.2) is 0 Å². The number of amides is 1. The molecule has 2 N–H and O–H groups in total. The summed E-state index contributed by atoms with van der Waals surface area (Å²) in [7, 11) is -0.995. The third kappa shape index (κ3) is 4.11. The van der Waals surface area contributed by atoms with Gasteiger partial charge in [-0.05, 0) is 27.2 Å². The molecule has 0 aliphatic heterocycles. The van der Waals surface area contributed by atoms with E-state index in [1.54, 1.807) is 0 Å². The maximum atomic E-state index is 11.7. The SMILES string of the molecule is CC(C)(C)S(=O)CCNC(=O)C1CC1C(=O)O. The Kier molecular flexibility index (Phi) is 4.30. The van der Waals surface area contributed by atoms with E-state index < -0.39 is 28.6 Å². The summed E-state index contributed by atoms with van der Waals surface area (Å²) in [6.45, 7) is 5.98. The second-order valence-corrected chi connectivity index (χ2v) is 7.56. The highest BCUT2D eigenvalue weighted by atomic mass is 32.2. The Hall–Kier alpha value is -0.910. The standard InChI is InChI=1S/C11H19NO4S/c1-11(2,3)17(16)5-4-12-9(13)7-6-8(7)10(14)15/h7-8H,4-6H2,1-3H3,(H,12,13)(H,14,15). The van der Waals surface area contributed by atoms with Crippen LogP contribution in [-0.4, -0.2) is 38.2 Å². The molecule has 5 nitrogen and oxygen atoms in total. The van der Waals surface area contributed by atoms with Crippen molar-refractivity contribution in [2.45, 2.75) is 31.9 Å². The first-order chi connectivity index (χ1) is 7.73. The minimum atomic E-state index is -0.995. The van der Waals surface area contributed by atoms with Gasteiger partial charge in [-0.1, -0.05) is 0 Å². The normalized spacial score (nSPS) is 25.1.